The van der Waals surface area contributed by atoms with Crippen LogP contribution in [0.15, 0.2) is 0 Å². The minimum atomic E-state index is -3.03. The van der Waals surface area contributed by atoms with Gasteiger partial charge in [-0.25, -0.2) is 8.42 Å². The van der Waals surface area contributed by atoms with Crippen LogP contribution in [0.25, 0.3) is 0 Å². The fraction of sp³-hybridized carbons (Fsp3) is 0.933. The second-order valence-corrected chi connectivity index (χ2v) is 8.80. The predicted octanol–water partition coefficient (Wildman–Crippen LogP) is 1.24. The molecule has 4 atom stereocenters. The van der Waals surface area contributed by atoms with Crippen LogP contribution >= 0.6 is 0 Å². The summed E-state index contributed by atoms with van der Waals surface area (Å²) in [5.41, 5.74) is 0. The van der Waals surface area contributed by atoms with E-state index in [9.17, 15) is 13.2 Å². The lowest BCUT2D eigenvalue weighted by atomic mass is 9.82. The molecule has 6 heteroatoms. The molecule has 2 aliphatic rings. The van der Waals surface area contributed by atoms with Crippen LogP contribution in [-0.4, -0.2) is 45.0 Å². The first-order valence-corrected chi connectivity index (χ1v) is 10.1. The molecule has 0 aromatic rings. The Bertz CT molecular complexity index is 464. The second kappa shape index (κ2) is 7.09. The average molecular weight is 316 g/mol. The van der Waals surface area contributed by atoms with Crippen LogP contribution in [0.4, 0.5) is 0 Å². The van der Waals surface area contributed by atoms with Gasteiger partial charge in [-0.1, -0.05) is 25.7 Å². The van der Waals surface area contributed by atoms with Crippen molar-refractivity contribution in [1.82, 2.24) is 10.6 Å². The summed E-state index contributed by atoms with van der Waals surface area (Å²) >= 11 is 0. The number of carbonyl (C=O) groups is 1. The van der Waals surface area contributed by atoms with Crippen molar-refractivity contribution in [2.45, 2.75) is 68.7 Å². The van der Waals surface area contributed by atoms with Crippen molar-refractivity contribution in [1.29, 1.82) is 0 Å². The Kier molecular flexibility index (Phi) is 5.66. The lowest BCUT2D eigenvalue weighted by Gasteiger charge is -2.38. The summed E-state index contributed by atoms with van der Waals surface area (Å²) in [4.78, 5) is 12.0. The van der Waals surface area contributed by atoms with Gasteiger partial charge in [-0.3, -0.25) is 4.79 Å². The minimum absolute atomic E-state index is 0.00371. The van der Waals surface area contributed by atoms with Crippen LogP contribution < -0.4 is 10.6 Å². The lowest BCUT2D eigenvalue weighted by Crippen LogP contribution is -2.54. The Morgan fingerprint density at radius 2 is 1.52 bits per heavy atom. The predicted molar refractivity (Wildman–Crippen MR) is 83.8 cm³/mol. The first-order valence-electron chi connectivity index (χ1n) is 8.10. The quantitative estimate of drug-likeness (QED) is 0.818. The molecule has 2 saturated carbocycles. The van der Waals surface area contributed by atoms with Crippen molar-refractivity contribution < 1.29 is 13.2 Å². The van der Waals surface area contributed by atoms with Crippen molar-refractivity contribution in [2.24, 2.45) is 5.92 Å². The van der Waals surface area contributed by atoms with Crippen molar-refractivity contribution in [3.63, 3.8) is 0 Å². The monoisotopic (exact) mass is 316 g/mol. The van der Waals surface area contributed by atoms with Gasteiger partial charge in [0.2, 0.25) is 5.91 Å². The van der Waals surface area contributed by atoms with Crippen molar-refractivity contribution in [3.8, 4) is 0 Å². The third-order valence-corrected chi connectivity index (χ3v) is 6.69. The Morgan fingerprint density at radius 1 is 0.952 bits per heavy atom. The SMILES string of the molecule is CNC(=O)[C@@H]1CCCC[C@@H]1N[C@@H]1CCCC[C@H]1S(C)(=O)=O. The summed E-state index contributed by atoms with van der Waals surface area (Å²) in [7, 11) is -1.36. The van der Waals surface area contributed by atoms with Gasteiger partial charge in [-0.05, 0) is 25.7 Å². The third kappa shape index (κ3) is 4.19. The zero-order chi connectivity index (χ0) is 15.5. The van der Waals surface area contributed by atoms with Gasteiger partial charge in [-0.15, -0.1) is 0 Å². The van der Waals surface area contributed by atoms with E-state index in [2.05, 4.69) is 10.6 Å². The van der Waals surface area contributed by atoms with Crippen molar-refractivity contribution in [3.05, 3.63) is 0 Å². The molecule has 122 valence electrons. The maximum absolute atomic E-state index is 12.0. The highest BCUT2D eigenvalue weighted by atomic mass is 32.2. The van der Waals surface area contributed by atoms with Gasteiger partial charge in [-0.2, -0.15) is 0 Å². The van der Waals surface area contributed by atoms with Crippen LogP contribution in [0.5, 0.6) is 0 Å². The van der Waals surface area contributed by atoms with E-state index in [-0.39, 0.29) is 29.2 Å². The molecule has 0 unspecified atom stereocenters. The smallest absolute Gasteiger partial charge is 0.224 e. The van der Waals surface area contributed by atoms with Crippen LogP contribution in [0.3, 0.4) is 0 Å². The molecule has 0 saturated heterocycles. The highest BCUT2D eigenvalue weighted by Crippen LogP contribution is 2.29. The molecule has 5 nitrogen and oxygen atoms in total. The molecule has 0 bridgehead atoms. The van der Waals surface area contributed by atoms with E-state index in [0.717, 1.165) is 51.4 Å². The number of hydrogen-bond donors (Lipinski definition) is 2. The van der Waals surface area contributed by atoms with Gasteiger partial charge in [0, 0.05) is 25.4 Å². The van der Waals surface area contributed by atoms with Crippen molar-refractivity contribution in [2.75, 3.05) is 13.3 Å². The summed E-state index contributed by atoms with van der Waals surface area (Å²) in [5.74, 6) is 0.0600. The Hall–Kier alpha value is -0.620. The fourth-order valence-corrected chi connectivity index (χ4v) is 5.31. The zero-order valence-electron chi connectivity index (χ0n) is 13.1. The van der Waals surface area contributed by atoms with E-state index in [1.165, 1.54) is 6.26 Å². The number of carbonyl (C=O) groups excluding carboxylic acids is 1. The summed E-state index contributed by atoms with van der Waals surface area (Å²) < 4.78 is 24.0. The topological polar surface area (TPSA) is 75.3 Å². The van der Waals surface area contributed by atoms with E-state index < -0.39 is 9.84 Å². The molecular formula is C15H28N2O3S. The number of sulfone groups is 1. The van der Waals surface area contributed by atoms with Gasteiger partial charge in [0.15, 0.2) is 9.84 Å². The molecule has 1 amide bonds. The highest BCUT2D eigenvalue weighted by molar-refractivity contribution is 7.91. The van der Waals surface area contributed by atoms with E-state index in [1.807, 2.05) is 0 Å². The molecule has 0 heterocycles. The molecule has 0 aromatic carbocycles. The Morgan fingerprint density at radius 3 is 2.14 bits per heavy atom. The summed E-state index contributed by atoms with van der Waals surface area (Å²) in [6.07, 6.45) is 9.09. The van der Waals surface area contributed by atoms with Crippen LogP contribution in [0.2, 0.25) is 0 Å². The molecule has 21 heavy (non-hydrogen) atoms. The number of rotatable bonds is 4. The second-order valence-electron chi connectivity index (χ2n) is 6.54. The molecule has 0 radical (unpaired) electrons. The minimum Gasteiger partial charge on any atom is -0.359 e. The fourth-order valence-electron chi connectivity index (χ4n) is 3.90. The van der Waals surface area contributed by atoms with Crippen LogP contribution in [0.1, 0.15) is 51.4 Å². The van der Waals surface area contributed by atoms with Crippen molar-refractivity contribution >= 4 is 15.7 Å². The average Bonchev–Trinajstić information content (AvgIpc) is 2.46. The molecule has 2 aliphatic carbocycles. The summed E-state index contributed by atoms with van der Waals surface area (Å²) in [6, 6.07) is 0.120. The van der Waals surface area contributed by atoms with Gasteiger partial charge in [0.25, 0.3) is 0 Å². The first-order chi connectivity index (χ1) is 9.93. The van der Waals surface area contributed by atoms with Gasteiger partial charge >= 0.3 is 0 Å². The third-order valence-electron chi connectivity index (χ3n) is 5.03. The standard InChI is InChI=1S/C15H28N2O3S/c1-16-15(18)11-7-3-4-8-12(11)17-13-9-5-6-10-14(13)21(2,19)20/h11-14,17H,3-10H2,1-2H3,(H,16,18)/t11-,12+,13-,14-/m1/s1. The van der Waals surface area contributed by atoms with E-state index >= 15 is 0 Å². The Balaban J connectivity index is 2.08. The molecular weight excluding hydrogens is 288 g/mol. The van der Waals surface area contributed by atoms with E-state index in [0.29, 0.717) is 0 Å². The molecule has 2 fully saturated rings. The molecule has 0 aliphatic heterocycles. The maximum Gasteiger partial charge on any atom is 0.224 e. The largest absolute Gasteiger partial charge is 0.359 e. The highest BCUT2D eigenvalue weighted by Gasteiger charge is 2.37. The number of hydrogen-bond acceptors (Lipinski definition) is 4. The number of nitrogens with one attached hydrogen (secondary N) is 2. The van der Waals surface area contributed by atoms with Crippen LogP contribution in [0, 0.1) is 5.92 Å². The van der Waals surface area contributed by atoms with E-state index in [1.54, 1.807) is 7.05 Å². The van der Waals surface area contributed by atoms with Crippen LogP contribution in [-0.2, 0) is 14.6 Å². The summed E-state index contributed by atoms with van der Waals surface area (Å²) in [5, 5.41) is 5.99. The lowest BCUT2D eigenvalue weighted by molar-refractivity contribution is -0.126. The molecule has 0 spiro atoms. The Labute approximate surface area is 128 Å². The normalized spacial score (nSPS) is 34.4. The molecule has 2 rings (SSSR count). The van der Waals surface area contributed by atoms with Gasteiger partial charge < -0.3 is 10.6 Å². The number of amides is 1. The van der Waals surface area contributed by atoms with Gasteiger partial charge in [0.05, 0.1) is 11.2 Å². The first kappa shape index (κ1) is 16.7. The summed E-state index contributed by atoms with van der Waals surface area (Å²) in [6.45, 7) is 0. The van der Waals surface area contributed by atoms with E-state index in [4.69, 9.17) is 0 Å². The van der Waals surface area contributed by atoms with Gasteiger partial charge in [0.1, 0.15) is 0 Å². The molecule has 0 aromatic heterocycles. The zero-order valence-corrected chi connectivity index (χ0v) is 13.9. The maximum atomic E-state index is 12.0. The molecule has 2 N–H and O–H groups in total.